The first-order valence-corrected chi connectivity index (χ1v) is 6.81. The number of likely N-dealkylation sites (tertiary alicyclic amines) is 1. The summed E-state index contributed by atoms with van der Waals surface area (Å²) in [7, 11) is -4.94. The fourth-order valence-corrected chi connectivity index (χ4v) is 2.40. The van der Waals surface area contributed by atoms with Crippen LogP contribution in [0.15, 0.2) is 23.1 Å². The highest BCUT2D eigenvalue weighted by molar-refractivity contribution is 7.86. The summed E-state index contributed by atoms with van der Waals surface area (Å²) in [5.74, 6) is -1.45. The fraction of sp³-hybridized carbons (Fsp3) is 0.364. The van der Waals surface area contributed by atoms with Crippen molar-refractivity contribution in [2.75, 3.05) is 13.1 Å². The van der Waals surface area contributed by atoms with Crippen LogP contribution >= 0.6 is 0 Å². The molecule has 1 aliphatic heterocycles. The van der Waals surface area contributed by atoms with Crippen molar-refractivity contribution in [3.63, 3.8) is 0 Å². The van der Waals surface area contributed by atoms with Crippen LogP contribution in [-0.2, 0) is 10.2 Å². The molecule has 1 heterocycles. The number of hydrogen-bond acceptors (Lipinski definition) is 3. The molecule has 7 heteroatoms. The van der Waals surface area contributed by atoms with Gasteiger partial charge in [-0.3, -0.25) is 4.79 Å². The van der Waals surface area contributed by atoms with Gasteiger partial charge in [0.2, 0.25) is 0 Å². The van der Waals surface area contributed by atoms with Crippen molar-refractivity contribution in [2.24, 2.45) is 0 Å². The van der Waals surface area contributed by atoms with E-state index in [0.717, 1.165) is 31.0 Å². The Labute approximate surface area is 103 Å². The Morgan fingerprint density at radius 3 is 2.39 bits per heavy atom. The van der Waals surface area contributed by atoms with Crippen molar-refractivity contribution >= 4 is 16.1 Å². The Balaban J connectivity index is 2.40. The molecular formula is C11H11F2NO3S. The first-order chi connectivity index (χ1) is 8.39. The van der Waals surface area contributed by atoms with Gasteiger partial charge in [-0.2, -0.15) is 8.42 Å². The van der Waals surface area contributed by atoms with Crippen LogP contribution in [0.1, 0.15) is 23.2 Å². The second kappa shape index (κ2) is 4.64. The maximum Gasteiger partial charge on any atom is 0.332 e. The standard InChI is InChI=1S/C11H11F2NO3S/c12-10-4-3-8(18(13,16)17)7-9(10)11(15)14-5-1-2-6-14/h3-4,7H,1-2,5-6H2. The van der Waals surface area contributed by atoms with E-state index >= 15 is 0 Å². The van der Waals surface area contributed by atoms with Gasteiger partial charge in [-0.15, -0.1) is 3.89 Å². The zero-order valence-electron chi connectivity index (χ0n) is 9.40. The van der Waals surface area contributed by atoms with Gasteiger partial charge < -0.3 is 4.90 Å². The van der Waals surface area contributed by atoms with Gasteiger partial charge in [-0.25, -0.2) is 4.39 Å². The SMILES string of the molecule is O=C(c1cc(S(=O)(=O)F)ccc1F)N1CCCC1. The van der Waals surface area contributed by atoms with Crippen LogP contribution in [-0.4, -0.2) is 32.3 Å². The molecule has 4 nitrogen and oxygen atoms in total. The molecule has 1 amide bonds. The molecule has 1 aromatic carbocycles. The minimum Gasteiger partial charge on any atom is -0.339 e. The third kappa shape index (κ3) is 2.50. The Kier molecular flexibility index (Phi) is 3.34. The topological polar surface area (TPSA) is 54.5 Å². The summed E-state index contributed by atoms with van der Waals surface area (Å²) in [4.78, 5) is 12.6. The summed E-state index contributed by atoms with van der Waals surface area (Å²) in [6.07, 6.45) is 1.66. The number of hydrogen-bond donors (Lipinski definition) is 0. The normalized spacial score (nSPS) is 16.0. The first kappa shape index (κ1) is 12.9. The van der Waals surface area contributed by atoms with Crippen molar-refractivity contribution in [2.45, 2.75) is 17.7 Å². The molecule has 2 rings (SSSR count). The molecule has 0 bridgehead atoms. The molecule has 1 aromatic rings. The van der Waals surface area contributed by atoms with Crippen LogP contribution in [0.2, 0.25) is 0 Å². The molecule has 0 N–H and O–H groups in total. The van der Waals surface area contributed by atoms with Crippen LogP contribution < -0.4 is 0 Å². The van der Waals surface area contributed by atoms with Crippen molar-refractivity contribution in [1.82, 2.24) is 4.90 Å². The minimum atomic E-state index is -4.94. The molecule has 0 spiro atoms. The Morgan fingerprint density at radius 2 is 1.83 bits per heavy atom. The van der Waals surface area contributed by atoms with Gasteiger partial charge in [0.05, 0.1) is 10.5 Å². The predicted octanol–water partition coefficient (Wildman–Crippen LogP) is 1.72. The summed E-state index contributed by atoms with van der Waals surface area (Å²) < 4.78 is 47.7. The lowest BCUT2D eigenvalue weighted by Crippen LogP contribution is -2.28. The Morgan fingerprint density at radius 1 is 1.22 bits per heavy atom. The number of carbonyl (C=O) groups is 1. The van der Waals surface area contributed by atoms with Gasteiger partial charge in [0.15, 0.2) is 0 Å². The van der Waals surface area contributed by atoms with Crippen molar-refractivity contribution < 1.29 is 21.5 Å². The van der Waals surface area contributed by atoms with Crippen molar-refractivity contribution in [1.29, 1.82) is 0 Å². The number of amides is 1. The highest BCUT2D eigenvalue weighted by Gasteiger charge is 2.24. The summed E-state index contributed by atoms with van der Waals surface area (Å²) in [5.41, 5.74) is -0.407. The van der Waals surface area contributed by atoms with E-state index in [2.05, 4.69) is 0 Å². The van der Waals surface area contributed by atoms with Gasteiger partial charge >= 0.3 is 10.2 Å². The Bertz CT molecular complexity index is 580. The average Bonchev–Trinajstić information content (AvgIpc) is 2.80. The van der Waals surface area contributed by atoms with Gasteiger partial charge in [0, 0.05) is 13.1 Å². The van der Waals surface area contributed by atoms with Crippen LogP contribution in [0.5, 0.6) is 0 Å². The van der Waals surface area contributed by atoms with Crippen molar-refractivity contribution in [3.8, 4) is 0 Å². The molecule has 0 saturated carbocycles. The van der Waals surface area contributed by atoms with Crippen molar-refractivity contribution in [3.05, 3.63) is 29.6 Å². The summed E-state index contributed by atoms with van der Waals surface area (Å²) in [6.45, 7) is 1.01. The average molecular weight is 275 g/mol. The van der Waals surface area contributed by atoms with Gasteiger partial charge in [-0.05, 0) is 31.0 Å². The predicted molar refractivity (Wildman–Crippen MR) is 59.8 cm³/mol. The highest BCUT2D eigenvalue weighted by atomic mass is 32.3. The Hall–Kier alpha value is -1.50. The number of carbonyl (C=O) groups excluding carboxylic acids is 1. The van der Waals surface area contributed by atoms with Crippen LogP contribution in [0.3, 0.4) is 0 Å². The summed E-state index contributed by atoms with van der Waals surface area (Å²) in [5, 5.41) is 0. The summed E-state index contributed by atoms with van der Waals surface area (Å²) in [6, 6.07) is 2.33. The quantitative estimate of drug-likeness (QED) is 0.772. The third-order valence-electron chi connectivity index (χ3n) is 2.84. The lowest BCUT2D eigenvalue weighted by Gasteiger charge is -2.15. The molecule has 0 unspecified atom stereocenters. The monoisotopic (exact) mass is 275 g/mol. The minimum absolute atomic E-state index is 0.407. The number of benzene rings is 1. The second-order valence-electron chi connectivity index (χ2n) is 4.08. The maximum absolute atomic E-state index is 13.5. The zero-order valence-corrected chi connectivity index (χ0v) is 10.2. The van der Waals surface area contributed by atoms with Gasteiger partial charge in [0.1, 0.15) is 5.82 Å². The molecule has 1 fully saturated rings. The number of halogens is 2. The largest absolute Gasteiger partial charge is 0.339 e. The molecule has 0 radical (unpaired) electrons. The van der Waals surface area contributed by atoms with Crippen LogP contribution in [0, 0.1) is 5.82 Å². The molecule has 0 aromatic heterocycles. The van der Waals surface area contributed by atoms with E-state index < -0.39 is 32.4 Å². The molecular weight excluding hydrogens is 264 g/mol. The van der Waals surface area contributed by atoms with E-state index in [1.807, 2.05) is 0 Å². The number of rotatable bonds is 2. The molecule has 0 atom stereocenters. The van der Waals surface area contributed by atoms with Crippen LogP contribution in [0.25, 0.3) is 0 Å². The third-order valence-corrected chi connectivity index (χ3v) is 3.66. The molecule has 0 aliphatic carbocycles. The van der Waals surface area contributed by atoms with E-state index in [-0.39, 0.29) is 0 Å². The van der Waals surface area contributed by atoms with Gasteiger partial charge in [-0.1, -0.05) is 0 Å². The van der Waals surface area contributed by atoms with E-state index in [1.165, 1.54) is 4.90 Å². The zero-order chi connectivity index (χ0) is 13.3. The molecule has 1 saturated heterocycles. The lowest BCUT2D eigenvalue weighted by molar-refractivity contribution is 0.0788. The van der Waals surface area contributed by atoms with E-state index in [1.54, 1.807) is 0 Å². The number of nitrogens with zero attached hydrogens (tertiary/aromatic N) is 1. The fourth-order valence-electron chi connectivity index (χ4n) is 1.91. The van der Waals surface area contributed by atoms with E-state index in [0.29, 0.717) is 13.1 Å². The lowest BCUT2D eigenvalue weighted by atomic mass is 10.2. The van der Waals surface area contributed by atoms with E-state index in [9.17, 15) is 21.5 Å². The smallest absolute Gasteiger partial charge is 0.332 e. The highest BCUT2D eigenvalue weighted by Crippen LogP contribution is 2.20. The van der Waals surface area contributed by atoms with Crippen LogP contribution in [0.4, 0.5) is 8.28 Å². The first-order valence-electron chi connectivity index (χ1n) is 5.43. The van der Waals surface area contributed by atoms with E-state index in [4.69, 9.17) is 0 Å². The van der Waals surface area contributed by atoms with Gasteiger partial charge in [0.25, 0.3) is 5.91 Å². The second-order valence-corrected chi connectivity index (χ2v) is 5.43. The summed E-state index contributed by atoms with van der Waals surface area (Å²) >= 11 is 0. The maximum atomic E-state index is 13.5. The molecule has 1 aliphatic rings. The molecule has 18 heavy (non-hydrogen) atoms. The molecule has 98 valence electrons.